The van der Waals surface area contributed by atoms with Crippen molar-refractivity contribution in [3.63, 3.8) is 0 Å². The van der Waals surface area contributed by atoms with Gasteiger partial charge in [-0.3, -0.25) is 5.10 Å². The fourth-order valence-corrected chi connectivity index (χ4v) is 2.34. The number of halogens is 3. The summed E-state index contributed by atoms with van der Waals surface area (Å²) >= 11 is 6.03. The number of rotatable bonds is 2. The Balaban J connectivity index is 2.15. The van der Waals surface area contributed by atoms with E-state index in [-0.39, 0.29) is 4.96 Å². The number of nitrogens with one attached hydrogen (secondary N) is 1. The van der Waals surface area contributed by atoms with Gasteiger partial charge in [0, 0.05) is 5.69 Å². The Morgan fingerprint density at radius 3 is 2.83 bits per heavy atom. The van der Waals surface area contributed by atoms with Crippen LogP contribution in [0.5, 0.6) is 0 Å². The van der Waals surface area contributed by atoms with E-state index in [0.717, 1.165) is 21.5 Å². The van der Waals surface area contributed by atoms with Gasteiger partial charge >= 0.3 is 5.38 Å². The first-order valence-electron chi connectivity index (χ1n) is 4.77. The standard InChI is InChI=1S/C8H5ClF2N6S/c1-3-2-4(13-12-3)5-16-17-6(8(9,10)11)14-15-7(17)18-5/h2H,1H3,(H,12,13). The van der Waals surface area contributed by atoms with E-state index >= 15 is 0 Å². The lowest BCUT2D eigenvalue weighted by molar-refractivity contribution is 0.0821. The predicted molar refractivity (Wildman–Crippen MR) is 60.7 cm³/mol. The Labute approximate surface area is 108 Å². The van der Waals surface area contributed by atoms with Gasteiger partial charge in [0.05, 0.1) is 0 Å². The van der Waals surface area contributed by atoms with Gasteiger partial charge in [-0.05, 0) is 24.6 Å². The SMILES string of the molecule is Cc1cc(-c2nn3c(C(F)(F)Cl)nnc3s2)n[nH]1. The summed E-state index contributed by atoms with van der Waals surface area (Å²) in [6.45, 7) is 1.83. The molecule has 0 atom stereocenters. The van der Waals surface area contributed by atoms with Crippen molar-refractivity contribution in [3.05, 3.63) is 17.6 Å². The number of fused-ring (bicyclic) bond motifs is 1. The van der Waals surface area contributed by atoms with Crippen LogP contribution in [0, 0.1) is 6.92 Å². The molecule has 0 aromatic carbocycles. The van der Waals surface area contributed by atoms with E-state index in [0.29, 0.717) is 10.7 Å². The summed E-state index contributed by atoms with van der Waals surface area (Å²) in [4.78, 5) is 0.237. The smallest absolute Gasteiger partial charge is 0.282 e. The molecule has 0 bridgehead atoms. The van der Waals surface area contributed by atoms with Crippen molar-refractivity contribution in [1.29, 1.82) is 0 Å². The molecule has 0 aliphatic carbocycles. The minimum absolute atomic E-state index is 0.237. The van der Waals surface area contributed by atoms with Gasteiger partial charge in [0.2, 0.25) is 10.8 Å². The number of alkyl halides is 3. The molecule has 3 heterocycles. The van der Waals surface area contributed by atoms with Crippen LogP contribution in [0.1, 0.15) is 11.5 Å². The van der Waals surface area contributed by atoms with Gasteiger partial charge in [-0.1, -0.05) is 11.3 Å². The molecule has 3 rings (SSSR count). The highest BCUT2D eigenvalue weighted by Crippen LogP contribution is 2.33. The number of aromatic nitrogens is 6. The lowest BCUT2D eigenvalue weighted by Gasteiger charge is -2.01. The Hall–Kier alpha value is -1.61. The van der Waals surface area contributed by atoms with Gasteiger partial charge in [-0.2, -0.15) is 23.5 Å². The van der Waals surface area contributed by atoms with E-state index in [1.165, 1.54) is 0 Å². The molecule has 3 aromatic heterocycles. The summed E-state index contributed by atoms with van der Waals surface area (Å²) in [5.41, 5.74) is 1.41. The van der Waals surface area contributed by atoms with Gasteiger partial charge in [-0.25, -0.2) is 0 Å². The van der Waals surface area contributed by atoms with E-state index in [9.17, 15) is 8.78 Å². The summed E-state index contributed by atoms with van der Waals surface area (Å²) in [5, 5.41) is 14.5. The van der Waals surface area contributed by atoms with E-state index in [1.54, 1.807) is 6.07 Å². The minimum atomic E-state index is -3.60. The van der Waals surface area contributed by atoms with Crippen LogP contribution in [0.15, 0.2) is 6.07 Å². The zero-order valence-corrected chi connectivity index (χ0v) is 10.4. The molecule has 94 valence electrons. The second-order valence-corrected chi connectivity index (χ2v) is 4.99. The van der Waals surface area contributed by atoms with E-state index in [1.807, 2.05) is 6.92 Å². The molecule has 0 aliphatic rings. The first-order chi connectivity index (χ1) is 8.45. The second kappa shape index (κ2) is 3.69. The van der Waals surface area contributed by atoms with E-state index in [4.69, 9.17) is 11.6 Å². The van der Waals surface area contributed by atoms with Gasteiger partial charge in [0.15, 0.2) is 5.01 Å². The van der Waals surface area contributed by atoms with Crippen molar-refractivity contribution < 1.29 is 8.78 Å². The third kappa shape index (κ3) is 1.75. The number of hydrogen-bond donors (Lipinski definition) is 1. The number of aromatic amines is 1. The first-order valence-corrected chi connectivity index (χ1v) is 5.96. The van der Waals surface area contributed by atoms with Crippen LogP contribution in [-0.4, -0.2) is 30.0 Å². The molecule has 10 heteroatoms. The summed E-state index contributed by atoms with van der Waals surface area (Å²) in [6, 6.07) is 1.75. The predicted octanol–water partition coefficient (Wildman–Crippen LogP) is 2.17. The number of H-pyrrole nitrogens is 1. The third-order valence-corrected chi connectivity index (χ3v) is 3.26. The molecular weight excluding hydrogens is 286 g/mol. The van der Waals surface area contributed by atoms with Crippen molar-refractivity contribution in [3.8, 4) is 10.7 Å². The van der Waals surface area contributed by atoms with Gasteiger partial charge in [-0.15, -0.1) is 10.2 Å². The highest BCUT2D eigenvalue weighted by molar-refractivity contribution is 7.19. The maximum Gasteiger partial charge on any atom is 0.383 e. The molecule has 0 radical (unpaired) electrons. The second-order valence-electron chi connectivity index (χ2n) is 3.56. The van der Waals surface area contributed by atoms with Gasteiger partial charge in [0.25, 0.3) is 0 Å². The van der Waals surface area contributed by atoms with Crippen molar-refractivity contribution in [1.82, 2.24) is 30.0 Å². The molecule has 0 aliphatic heterocycles. The topological polar surface area (TPSA) is 71.8 Å². The summed E-state index contributed by atoms with van der Waals surface area (Å²) in [7, 11) is 0. The van der Waals surface area contributed by atoms with Crippen molar-refractivity contribution in [2.45, 2.75) is 12.3 Å². The van der Waals surface area contributed by atoms with Crippen LogP contribution >= 0.6 is 22.9 Å². The Morgan fingerprint density at radius 2 is 2.22 bits per heavy atom. The minimum Gasteiger partial charge on any atom is -0.282 e. The monoisotopic (exact) mass is 290 g/mol. The molecule has 0 saturated carbocycles. The van der Waals surface area contributed by atoms with Gasteiger partial charge in [0.1, 0.15) is 5.69 Å². The highest BCUT2D eigenvalue weighted by atomic mass is 35.5. The van der Waals surface area contributed by atoms with Crippen molar-refractivity contribution in [2.24, 2.45) is 0 Å². The Kier molecular flexibility index (Phi) is 2.35. The molecule has 6 nitrogen and oxygen atoms in total. The molecule has 0 fully saturated rings. The zero-order chi connectivity index (χ0) is 12.9. The fraction of sp³-hybridized carbons (Fsp3) is 0.250. The normalized spacial score (nSPS) is 12.4. The van der Waals surface area contributed by atoms with Crippen LogP contribution in [0.3, 0.4) is 0 Å². The molecule has 0 amide bonds. The van der Waals surface area contributed by atoms with Crippen LogP contribution in [-0.2, 0) is 5.38 Å². The van der Waals surface area contributed by atoms with E-state index in [2.05, 4.69) is 25.5 Å². The molecule has 18 heavy (non-hydrogen) atoms. The highest BCUT2D eigenvalue weighted by Gasteiger charge is 2.35. The van der Waals surface area contributed by atoms with Crippen LogP contribution in [0.2, 0.25) is 0 Å². The van der Waals surface area contributed by atoms with Crippen molar-refractivity contribution >= 4 is 27.9 Å². The van der Waals surface area contributed by atoms with Crippen LogP contribution in [0.4, 0.5) is 8.78 Å². The molecular formula is C8H5ClF2N6S. The number of hydrogen-bond acceptors (Lipinski definition) is 5. The van der Waals surface area contributed by atoms with Crippen LogP contribution < -0.4 is 0 Å². The molecule has 0 unspecified atom stereocenters. The Morgan fingerprint density at radius 1 is 1.44 bits per heavy atom. The molecule has 1 N–H and O–H groups in total. The zero-order valence-electron chi connectivity index (χ0n) is 8.86. The number of aryl methyl sites for hydroxylation is 1. The summed E-state index contributed by atoms with van der Waals surface area (Å²) in [5.74, 6) is -0.700. The molecule has 3 aromatic rings. The maximum atomic E-state index is 13.0. The van der Waals surface area contributed by atoms with E-state index < -0.39 is 11.2 Å². The average Bonchev–Trinajstić information content (AvgIpc) is 2.87. The van der Waals surface area contributed by atoms with Crippen molar-refractivity contribution in [2.75, 3.05) is 0 Å². The lowest BCUT2D eigenvalue weighted by atomic mass is 10.4. The third-order valence-electron chi connectivity index (χ3n) is 2.17. The Bertz CT molecular complexity index is 711. The van der Waals surface area contributed by atoms with Crippen LogP contribution in [0.25, 0.3) is 15.7 Å². The largest absolute Gasteiger partial charge is 0.383 e. The summed E-state index contributed by atoms with van der Waals surface area (Å²) in [6.07, 6.45) is 0. The average molecular weight is 291 g/mol. The van der Waals surface area contributed by atoms with Gasteiger partial charge < -0.3 is 0 Å². The summed E-state index contributed by atoms with van der Waals surface area (Å²) < 4.78 is 27.0. The first kappa shape index (κ1) is 11.5. The number of nitrogens with zero attached hydrogens (tertiary/aromatic N) is 5. The fourth-order valence-electron chi connectivity index (χ4n) is 1.42. The molecule has 0 spiro atoms. The quantitative estimate of drug-likeness (QED) is 0.734. The lowest BCUT2D eigenvalue weighted by Crippen LogP contribution is -2.10. The maximum absolute atomic E-state index is 13.0. The molecule has 0 saturated heterocycles.